The monoisotopic (exact) mass is 375 g/mol. The first kappa shape index (κ1) is 21.3. The van der Waals surface area contributed by atoms with Crippen molar-refractivity contribution >= 4 is 34.9 Å². The maximum Gasteiger partial charge on any atom is 0.370 e. The van der Waals surface area contributed by atoms with Crippen LogP contribution in [0.2, 0.25) is 0 Å². The molecule has 1 atom stereocenters. The van der Waals surface area contributed by atoms with Gasteiger partial charge in [-0.25, -0.2) is 9.59 Å². The average Bonchev–Trinajstić information content (AvgIpc) is 2.58. The van der Waals surface area contributed by atoms with Crippen molar-refractivity contribution in [1.29, 1.82) is 0 Å². The molecule has 1 rings (SSSR count). The van der Waals surface area contributed by atoms with Crippen LogP contribution in [-0.2, 0) is 23.9 Å². The smallest absolute Gasteiger partial charge is 0.370 e. The molecule has 1 fully saturated rings. The van der Waals surface area contributed by atoms with Crippen LogP contribution < -0.4 is 5.32 Å². The van der Waals surface area contributed by atoms with Gasteiger partial charge in [-0.1, -0.05) is 33.1 Å². The molecule has 142 valence electrons. The lowest BCUT2D eigenvalue weighted by Gasteiger charge is -2.19. The van der Waals surface area contributed by atoms with Crippen LogP contribution in [0.1, 0.15) is 46.0 Å². The number of amides is 1. The van der Waals surface area contributed by atoms with Crippen LogP contribution in [0.4, 0.5) is 4.79 Å². The quantitative estimate of drug-likeness (QED) is 0.489. The van der Waals surface area contributed by atoms with Gasteiger partial charge >= 0.3 is 17.2 Å². The minimum atomic E-state index is -1.24. The summed E-state index contributed by atoms with van der Waals surface area (Å²) in [5.41, 5.74) is 0. The molecule has 2 N–H and O–H groups in total. The van der Waals surface area contributed by atoms with Crippen LogP contribution in [0.25, 0.3) is 0 Å². The molecule has 0 radical (unpaired) electrons. The summed E-state index contributed by atoms with van der Waals surface area (Å²) in [4.78, 5) is 46.0. The number of aliphatic carboxylic acids is 1. The Morgan fingerprint density at radius 3 is 2.32 bits per heavy atom. The van der Waals surface area contributed by atoms with Crippen molar-refractivity contribution in [2.45, 2.75) is 52.0 Å². The molecule has 0 aliphatic heterocycles. The van der Waals surface area contributed by atoms with Gasteiger partial charge in [0.05, 0.1) is 5.92 Å². The summed E-state index contributed by atoms with van der Waals surface area (Å²) in [5, 5.41) is 10.6. The molecule has 1 amide bonds. The predicted octanol–water partition coefficient (Wildman–Crippen LogP) is 2.16. The molecule has 0 spiro atoms. The molecular formula is C16H25NO7S. The Morgan fingerprint density at radius 1 is 1.12 bits per heavy atom. The second-order valence-corrected chi connectivity index (χ2v) is 7.13. The Labute approximate surface area is 151 Å². The normalized spacial score (nSPS) is 16.1. The molecule has 0 saturated heterocycles. The fraction of sp³-hybridized carbons (Fsp3) is 0.750. The zero-order valence-electron chi connectivity index (χ0n) is 14.5. The van der Waals surface area contributed by atoms with E-state index in [0.717, 1.165) is 32.1 Å². The van der Waals surface area contributed by atoms with Crippen LogP contribution in [0, 0.1) is 11.8 Å². The van der Waals surface area contributed by atoms with Crippen LogP contribution >= 0.6 is 11.8 Å². The summed E-state index contributed by atoms with van der Waals surface area (Å²) in [6.07, 6.45) is 4.68. The van der Waals surface area contributed by atoms with Crippen molar-refractivity contribution in [3.8, 4) is 0 Å². The van der Waals surface area contributed by atoms with Crippen molar-refractivity contribution < 1.29 is 33.8 Å². The molecule has 0 aromatic heterocycles. The largest absolute Gasteiger partial charge is 0.480 e. The molecule has 1 aliphatic rings. The highest BCUT2D eigenvalue weighted by Crippen LogP contribution is 2.24. The maximum atomic E-state index is 11.8. The van der Waals surface area contributed by atoms with Gasteiger partial charge in [-0.15, -0.1) is 0 Å². The summed E-state index contributed by atoms with van der Waals surface area (Å²) in [7, 11) is 0. The van der Waals surface area contributed by atoms with Gasteiger partial charge in [-0.2, -0.15) is 0 Å². The summed E-state index contributed by atoms with van der Waals surface area (Å²) < 4.78 is 9.68. The van der Waals surface area contributed by atoms with Gasteiger partial charge in [0.15, 0.2) is 0 Å². The van der Waals surface area contributed by atoms with E-state index in [4.69, 9.17) is 14.6 Å². The van der Waals surface area contributed by atoms with E-state index < -0.39 is 30.0 Å². The third-order valence-electron chi connectivity index (χ3n) is 3.82. The SMILES string of the molecule is CC(C)C(=O)N[C@@H](CSC(=O)OCOC(=O)C1CCCCC1)C(=O)O. The number of carboxylic acid groups (broad SMARTS) is 1. The fourth-order valence-electron chi connectivity index (χ4n) is 2.30. The first-order valence-corrected chi connectivity index (χ1v) is 9.29. The van der Waals surface area contributed by atoms with Gasteiger partial charge in [0, 0.05) is 11.7 Å². The highest BCUT2D eigenvalue weighted by atomic mass is 32.2. The predicted molar refractivity (Wildman–Crippen MR) is 90.9 cm³/mol. The standard InChI is InChI=1S/C16H25NO7S/c1-10(2)13(18)17-12(14(19)20)8-25-16(22)24-9-23-15(21)11-6-4-3-5-7-11/h10-12H,3-9H2,1-2H3,(H,17,18)(H,19,20)/t12-/m0/s1. The van der Waals surface area contributed by atoms with Crippen molar-refractivity contribution in [2.24, 2.45) is 11.8 Å². The molecule has 25 heavy (non-hydrogen) atoms. The molecule has 0 bridgehead atoms. The minimum absolute atomic E-state index is 0.136. The van der Waals surface area contributed by atoms with E-state index in [-0.39, 0.29) is 23.6 Å². The number of carbonyl (C=O) groups is 4. The van der Waals surface area contributed by atoms with Crippen molar-refractivity contribution in [2.75, 3.05) is 12.5 Å². The van der Waals surface area contributed by atoms with Gasteiger partial charge < -0.3 is 19.9 Å². The number of hydrogen-bond acceptors (Lipinski definition) is 7. The number of ether oxygens (including phenoxy) is 2. The number of esters is 1. The Kier molecular flexibility index (Phi) is 9.33. The third kappa shape index (κ3) is 8.24. The average molecular weight is 375 g/mol. The number of rotatable bonds is 8. The van der Waals surface area contributed by atoms with Crippen LogP contribution in [0.3, 0.4) is 0 Å². The van der Waals surface area contributed by atoms with E-state index in [2.05, 4.69) is 5.32 Å². The fourth-order valence-corrected chi connectivity index (χ4v) is 2.96. The summed E-state index contributed by atoms with van der Waals surface area (Å²) in [6, 6.07) is -1.20. The lowest BCUT2D eigenvalue weighted by Crippen LogP contribution is -2.44. The zero-order valence-corrected chi connectivity index (χ0v) is 15.3. The molecule has 1 saturated carbocycles. The van der Waals surface area contributed by atoms with Gasteiger partial charge in [0.2, 0.25) is 12.7 Å². The molecule has 0 heterocycles. The van der Waals surface area contributed by atoms with E-state index >= 15 is 0 Å². The molecule has 8 nitrogen and oxygen atoms in total. The first-order valence-electron chi connectivity index (χ1n) is 8.30. The Bertz CT molecular complexity index is 489. The van der Waals surface area contributed by atoms with Gasteiger partial charge in [-0.3, -0.25) is 9.59 Å². The summed E-state index contributed by atoms with van der Waals surface area (Å²) in [5.74, 6) is -2.70. The lowest BCUT2D eigenvalue weighted by atomic mass is 9.89. The van der Waals surface area contributed by atoms with E-state index in [0.29, 0.717) is 11.8 Å². The van der Waals surface area contributed by atoms with Gasteiger partial charge in [-0.05, 0) is 24.6 Å². The maximum absolute atomic E-state index is 11.8. The minimum Gasteiger partial charge on any atom is -0.480 e. The van der Waals surface area contributed by atoms with Crippen LogP contribution in [-0.4, -0.2) is 46.8 Å². The van der Waals surface area contributed by atoms with Crippen LogP contribution in [0.5, 0.6) is 0 Å². The van der Waals surface area contributed by atoms with E-state index in [1.807, 2.05) is 0 Å². The van der Waals surface area contributed by atoms with Crippen LogP contribution in [0.15, 0.2) is 0 Å². The Balaban J connectivity index is 2.26. The van der Waals surface area contributed by atoms with Gasteiger partial charge in [0.1, 0.15) is 6.04 Å². The molecule has 9 heteroatoms. The molecule has 0 aromatic carbocycles. The second-order valence-electron chi connectivity index (χ2n) is 6.18. The number of carboxylic acids is 1. The summed E-state index contributed by atoms with van der Waals surface area (Å²) >= 11 is 0.606. The zero-order chi connectivity index (χ0) is 18.8. The van der Waals surface area contributed by atoms with Gasteiger partial charge in [0.25, 0.3) is 0 Å². The highest BCUT2D eigenvalue weighted by Gasteiger charge is 2.24. The van der Waals surface area contributed by atoms with Crippen molar-refractivity contribution in [3.05, 3.63) is 0 Å². The molecular weight excluding hydrogens is 350 g/mol. The molecule has 0 unspecified atom stereocenters. The Morgan fingerprint density at radius 2 is 1.76 bits per heavy atom. The number of carbonyl (C=O) groups excluding carboxylic acids is 3. The first-order chi connectivity index (χ1) is 11.8. The second kappa shape index (κ2) is 11.0. The van der Waals surface area contributed by atoms with Crippen molar-refractivity contribution in [3.63, 3.8) is 0 Å². The number of nitrogens with one attached hydrogen (secondary N) is 1. The topological polar surface area (TPSA) is 119 Å². The Hall–Kier alpha value is -1.77. The highest BCUT2D eigenvalue weighted by molar-refractivity contribution is 8.13. The van der Waals surface area contributed by atoms with Crippen molar-refractivity contribution in [1.82, 2.24) is 5.32 Å². The summed E-state index contributed by atoms with van der Waals surface area (Å²) in [6.45, 7) is 2.78. The lowest BCUT2D eigenvalue weighted by molar-refractivity contribution is -0.157. The van der Waals surface area contributed by atoms with E-state index in [9.17, 15) is 19.2 Å². The number of thioether (sulfide) groups is 1. The molecule has 0 aromatic rings. The number of hydrogen-bond donors (Lipinski definition) is 2. The third-order valence-corrected chi connectivity index (χ3v) is 4.68. The molecule has 1 aliphatic carbocycles. The van der Waals surface area contributed by atoms with E-state index in [1.165, 1.54) is 0 Å². The van der Waals surface area contributed by atoms with E-state index in [1.54, 1.807) is 13.8 Å².